The minimum atomic E-state index is -0.545. The number of anilines is 1. The molecular weight excluding hydrogens is 466 g/mol. The topological polar surface area (TPSA) is 89.5 Å². The first-order chi connectivity index (χ1) is 17.0. The number of benzene rings is 2. The molecule has 0 aliphatic carbocycles. The highest BCUT2D eigenvalue weighted by Gasteiger charge is 2.42. The van der Waals surface area contributed by atoms with Crippen molar-refractivity contribution in [3.63, 3.8) is 0 Å². The monoisotopic (exact) mass is 493 g/mol. The van der Waals surface area contributed by atoms with E-state index in [-0.39, 0.29) is 12.3 Å². The molecule has 1 amide bonds. The number of thioether (sulfide) groups is 1. The standard InChI is InChI=1S/C26H27N3O5S/c1-5-20-23(25(31)34-4)24(19-8-6-7-9-21(19)33-3)29-17(15-35-26(29)28-20)14-22(30)27-16-10-12-18(32-2)13-11-16/h6-13,15,24H,5,14H2,1-4H3,(H,27,30). The summed E-state index contributed by atoms with van der Waals surface area (Å²) in [6.45, 7) is 1.95. The molecule has 2 aromatic rings. The van der Waals surface area contributed by atoms with E-state index >= 15 is 0 Å². The number of aliphatic imine (C=N–C) groups is 1. The minimum Gasteiger partial charge on any atom is -0.497 e. The number of amides is 1. The van der Waals surface area contributed by atoms with Gasteiger partial charge in [-0.3, -0.25) is 4.79 Å². The summed E-state index contributed by atoms with van der Waals surface area (Å²) in [6, 6.07) is 14.1. The fourth-order valence-electron chi connectivity index (χ4n) is 4.14. The molecule has 2 heterocycles. The highest BCUT2D eigenvalue weighted by molar-refractivity contribution is 8.16. The van der Waals surface area contributed by atoms with E-state index in [0.29, 0.717) is 40.0 Å². The van der Waals surface area contributed by atoms with Crippen LogP contribution >= 0.6 is 11.8 Å². The Kier molecular flexibility index (Phi) is 7.45. The minimum absolute atomic E-state index is 0.0968. The molecule has 0 bridgehead atoms. The van der Waals surface area contributed by atoms with Crippen LogP contribution in [0.1, 0.15) is 31.4 Å². The quantitative estimate of drug-likeness (QED) is 0.525. The van der Waals surface area contributed by atoms with Gasteiger partial charge >= 0.3 is 5.97 Å². The fraction of sp³-hybridized carbons (Fsp3) is 0.269. The van der Waals surface area contributed by atoms with E-state index in [9.17, 15) is 9.59 Å². The molecule has 8 nitrogen and oxygen atoms in total. The van der Waals surface area contributed by atoms with Gasteiger partial charge in [0.25, 0.3) is 0 Å². The first-order valence-electron chi connectivity index (χ1n) is 11.1. The Balaban J connectivity index is 1.68. The lowest BCUT2D eigenvalue weighted by Gasteiger charge is -2.37. The van der Waals surface area contributed by atoms with Gasteiger partial charge in [0.15, 0.2) is 5.17 Å². The van der Waals surface area contributed by atoms with Crippen LogP contribution in [0.25, 0.3) is 0 Å². The number of methoxy groups -OCH3 is 3. The zero-order valence-corrected chi connectivity index (χ0v) is 20.8. The molecule has 0 spiro atoms. The Hall–Kier alpha value is -3.72. The molecule has 0 fully saturated rings. The van der Waals surface area contributed by atoms with Crippen molar-refractivity contribution in [1.82, 2.24) is 4.90 Å². The van der Waals surface area contributed by atoms with Crippen molar-refractivity contribution >= 4 is 34.5 Å². The lowest BCUT2D eigenvalue weighted by atomic mass is 9.92. The van der Waals surface area contributed by atoms with Crippen LogP contribution in [0.3, 0.4) is 0 Å². The van der Waals surface area contributed by atoms with Gasteiger partial charge in [-0.15, -0.1) is 0 Å². The molecule has 2 aliphatic heterocycles. The Morgan fingerprint density at radius 1 is 1.06 bits per heavy atom. The summed E-state index contributed by atoms with van der Waals surface area (Å²) in [5.41, 5.74) is 3.28. The van der Waals surface area contributed by atoms with Gasteiger partial charge in [0, 0.05) is 16.9 Å². The van der Waals surface area contributed by atoms with E-state index in [1.165, 1.54) is 18.9 Å². The number of para-hydroxylation sites is 1. The van der Waals surface area contributed by atoms with Gasteiger partial charge in [0.2, 0.25) is 5.91 Å². The van der Waals surface area contributed by atoms with Gasteiger partial charge in [-0.1, -0.05) is 36.9 Å². The first kappa shape index (κ1) is 24.4. The van der Waals surface area contributed by atoms with E-state index < -0.39 is 12.0 Å². The van der Waals surface area contributed by atoms with Crippen LogP contribution in [0.15, 0.2) is 75.9 Å². The molecule has 182 valence electrons. The van der Waals surface area contributed by atoms with E-state index in [0.717, 1.165) is 11.3 Å². The van der Waals surface area contributed by atoms with Crippen LogP contribution in [-0.4, -0.2) is 43.3 Å². The summed E-state index contributed by atoms with van der Waals surface area (Å²) in [4.78, 5) is 32.6. The second kappa shape index (κ2) is 10.7. The summed E-state index contributed by atoms with van der Waals surface area (Å²) in [6.07, 6.45) is 0.654. The maximum absolute atomic E-state index is 13.0. The van der Waals surface area contributed by atoms with Gasteiger partial charge in [-0.05, 0) is 42.2 Å². The van der Waals surface area contributed by atoms with Crippen molar-refractivity contribution in [3.8, 4) is 11.5 Å². The van der Waals surface area contributed by atoms with Gasteiger partial charge < -0.3 is 24.4 Å². The maximum Gasteiger partial charge on any atom is 0.338 e. The normalized spacial score (nSPS) is 16.8. The number of nitrogens with zero attached hydrogens (tertiary/aromatic N) is 2. The van der Waals surface area contributed by atoms with Crippen LogP contribution in [0.4, 0.5) is 5.69 Å². The zero-order valence-electron chi connectivity index (χ0n) is 20.0. The van der Waals surface area contributed by atoms with Gasteiger partial charge in [0.05, 0.1) is 45.1 Å². The maximum atomic E-state index is 13.0. The van der Waals surface area contributed by atoms with Crippen molar-refractivity contribution in [1.29, 1.82) is 0 Å². The summed E-state index contributed by atoms with van der Waals surface area (Å²) in [5, 5.41) is 5.53. The van der Waals surface area contributed by atoms with Crippen LogP contribution in [0, 0.1) is 0 Å². The third-order valence-electron chi connectivity index (χ3n) is 5.78. The lowest BCUT2D eigenvalue weighted by molar-refractivity contribution is -0.136. The van der Waals surface area contributed by atoms with Gasteiger partial charge in [-0.25, -0.2) is 9.79 Å². The Morgan fingerprint density at radius 2 is 1.80 bits per heavy atom. The lowest BCUT2D eigenvalue weighted by Crippen LogP contribution is -2.37. The number of ether oxygens (including phenoxy) is 3. The van der Waals surface area contributed by atoms with E-state index in [1.54, 1.807) is 38.5 Å². The van der Waals surface area contributed by atoms with Gasteiger partial charge in [-0.2, -0.15) is 0 Å². The van der Waals surface area contributed by atoms with Crippen LogP contribution in [0.5, 0.6) is 11.5 Å². The number of amidine groups is 1. The van der Waals surface area contributed by atoms with Crippen molar-refractivity contribution in [2.45, 2.75) is 25.8 Å². The number of carbonyl (C=O) groups excluding carboxylic acids is 2. The zero-order chi connectivity index (χ0) is 24.9. The van der Waals surface area contributed by atoms with Crippen molar-refractivity contribution in [2.75, 3.05) is 26.6 Å². The molecule has 1 N–H and O–H groups in total. The molecule has 4 rings (SSSR count). The molecule has 2 aliphatic rings. The summed E-state index contributed by atoms with van der Waals surface area (Å²) in [5.74, 6) is 0.696. The number of hydrogen-bond acceptors (Lipinski definition) is 8. The number of carbonyl (C=O) groups is 2. The Labute approximate surface area is 208 Å². The molecule has 1 atom stereocenters. The number of rotatable bonds is 8. The Bertz CT molecular complexity index is 1220. The molecular formula is C26H27N3O5S. The summed E-state index contributed by atoms with van der Waals surface area (Å²) < 4.78 is 16.0. The second-order valence-electron chi connectivity index (χ2n) is 7.79. The van der Waals surface area contributed by atoms with Crippen LogP contribution < -0.4 is 14.8 Å². The average molecular weight is 494 g/mol. The molecule has 0 saturated heterocycles. The molecule has 35 heavy (non-hydrogen) atoms. The average Bonchev–Trinajstić information content (AvgIpc) is 3.29. The number of fused-ring (bicyclic) bond motifs is 1. The Morgan fingerprint density at radius 3 is 2.46 bits per heavy atom. The van der Waals surface area contributed by atoms with E-state index in [4.69, 9.17) is 19.2 Å². The molecule has 9 heteroatoms. The number of allylic oxidation sites excluding steroid dienone is 1. The summed E-state index contributed by atoms with van der Waals surface area (Å²) >= 11 is 1.43. The predicted molar refractivity (Wildman–Crippen MR) is 136 cm³/mol. The first-order valence-corrected chi connectivity index (χ1v) is 12.0. The van der Waals surface area contributed by atoms with E-state index in [1.807, 2.05) is 41.5 Å². The highest BCUT2D eigenvalue weighted by atomic mass is 32.2. The number of esters is 1. The molecule has 0 radical (unpaired) electrons. The van der Waals surface area contributed by atoms with E-state index in [2.05, 4.69) is 5.32 Å². The van der Waals surface area contributed by atoms with Crippen molar-refractivity contribution in [3.05, 3.63) is 76.5 Å². The van der Waals surface area contributed by atoms with Crippen molar-refractivity contribution in [2.24, 2.45) is 4.99 Å². The molecule has 2 aromatic carbocycles. The SMILES string of the molecule is CCC1=C(C(=O)OC)C(c2ccccc2OC)N2C(CC(=O)Nc3ccc(OC)cc3)=CSC2=N1. The molecule has 1 unspecified atom stereocenters. The van der Waals surface area contributed by atoms with Crippen molar-refractivity contribution < 1.29 is 23.8 Å². The highest BCUT2D eigenvalue weighted by Crippen LogP contribution is 2.47. The second-order valence-corrected chi connectivity index (χ2v) is 8.63. The third-order valence-corrected chi connectivity index (χ3v) is 6.67. The smallest absolute Gasteiger partial charge is 0.338 e. The molecule has 0 saturated carbocycles. The summed E-state index contributed by atoms with van der Waals surface area (Å²) in [7, 11) is 4.55. The largest absolute Gasteiger partial charge is 0.497 e. The number of nitrogens with one attached hydrogen (secondary N) is 1. The van der Waals surface area contributed by atoms with Crippen LogP contribution in [-0.2, 0) is 14.3 Å². The molecule has 0 aromatic heterocycles. The predicted octanol–water partition coefficient (Wildman–Crippen LogP) is 4.87. The third kappa shape index (κ3) is 4.90. The number of hydrogen-bond donors (Lipinski definition) is 1. The van der Waals surface area contributed by atoms with Crippen LogP contribution in [0.2, 0.25) is 0 Å². The fourth-order valence-corrected chi connectivity index (χ4v) is 5.08. The van der Waals surface area contributed by atoms with Gasteiger partial charge in [0.1, 0.15) is 11.5 Å².